The molecular weight excluding hydrogens is 281 g/mol. The van der Waals surface area contributed by atoms with Crippen LogP contribution in [0.1, 0.15) is 29.8 Å². The van der Waals surface area contributed by atoms with E-state index in [-0.39, 0.29) is 11.7 Å². The van der Waals surface area contributed by atoms with Crippen LogP contribution in [0.25, 0.3) is 0 Å². The second-order valence-electron chi connectivity index (χ2n) is 4.94. The van der Waals surface area contributed by atoms with Crippen molar-refractivity contribution in [3.8, 4) is 5.75 Å². The zero-order chi connectivity index (χ0) is 16.1. The molecule has 0 fully saturated rings. The lowest BCUT2D eigenvalue weighted by atomic mass is 10.1. The number of hydrogen-bond acceptors (Lipinski definition) is 2. The predicted octanol–water partition coefficient (Wildman–Crippen LogP) is 4.20. The number of nitrogens with zero attached hydrogens (tertiary/aromatic N) is 1. The van der Waals surface area contributed by atoms with Crippen molar-refractivity contribution < 1.29 is 13.9 Å². The minimum absolute atomic E-state index is 0.111. The van der Waals surface area contributed by atoms with Crippen LogP contribution in [0.5, 0.6) is 5.75 Å². The molecule has 0 unspecified atom stereocenters. The van der Waals surface area contributed by atoms with Gasteiger partial charge in [0.2, 0.25) is 0 Å². The number of halogens is 1. The van der Waals surface area contributed by atoms with Crippen LogP contribution in [-0.4, -0.2) is 19.1 Å². The number of carbonyl (C=O) groups is 1. The maximum absolute atomic E-state index is 13.0. The molecule has 0 bridgehead atoms. The van der Waals surface area contributed by atoms with Crippen molar-refractivity contribution >= 4 is 11.6 Å². The number of aryl methyl sites for hydroxylation is 1. The van der Waals surface area contributed by atoms with E-state index in [0.29, 0.717) is 24.4 Å². The lowest BCUT2D eigenvalue weighted by Crippen LogP contribution is -2.30. The van der Waals surface area contributed by atoms with Gasteiger partial charge in [-0.15, -0.1) is 0 Å². The van der Waals surface area contributed by atoms with E-state index in [4.69, 9.17) is 4.74 Å². The van der Waals surface area contributed by atoms with Crippen LogP contribution >= 0.6 is 0 Å². The summed E-state index contributed by atoms with van der Waals surface area (Å²) in [6.45, 7) is 6.83. The van der Waals surface area contributed by atoms with Gasteiger partial charge in [0.15, 0.2) is 0 Å². The van der Waals surface area contributed by atoms with E-state index >= 15 is 0 Å². The van der Waals surface area contributed by atoms with Gasteiger partial charge >= 0.3 is 0 Å². The van der Waals surface area contributed by atoms with Gasteiger partial charge in [-0.1, -0.05) is 0 Å². The molecule has 0 spiro atoms. The molecule has 2 rings (SSSR count). The zero-order valence-corrected chi connectivity index (χ0v) is 13.1. The minimum Gasteiger partial charge on any atom is -0.494 e. The monoisotopic (exact) mass is 301 g/mol. The van der Waals surface area contributed by atoms with Crippen molar-refractivity contribution in [2.45, 2.75) is 20.8 Å². The van der Waals surface area contributed by atoms with Gasteiger partial charge in [0.1, 0.15) is 11.6 Å². The molecular formula is C18H20FNO2. The molecule has 116 valence electrons. The molecule has 4 heteroatoms. The maximum atomic E-state index is 13.0. The second-order valence-corrected chi connectivity index (χ2v) is 4.94. The van der Waals surface area contributed by atoms with Gasteiger partial charge < -0.3 is 9.64 Å². The molecule has 0 N–H and O–H groups in total. The van der Waals surface area contributed by atoms with Crippen molar-refractivity contribution in [1.82, 2.24) is 0 Å². The van der Waals surface area contributed by atoms with E-state index in [1.165, 1.54) is 12.1 Å². The van der Waals surface area contributed by atoms with Crippen molar-refractivity contribution in [2.24, 2.45) is 0 Å². The number of rotatable bonds is 5. The number of anilines is 1. The van der Waals surface area contributed by atoms with Crippen LogP contribution in [0.3, 0.4) is 0 Å². The summed E-state index contributed by atoms with van der Waals surface area (Å²) in [6.07, 6.45) is 0. The molecule has 0 aliphatic carbocycles. The van der Waals surface area contributed by atoms with Crippen LogP contribution in [0, 0.1) is 12.7 Å². The Morgan fingerprint density at radius 3 is 2.36 bits per heavy atom. The first kappa shape index (κ1) is 16.0. The van der Waals surface area contributed by atoms with Gasteiger partial charge in [0.05, 0.1) is 6.61 Å². The molecule has 0 atom stereocenters. The Morgan fingerprint density at radius 1 is 1.14 bits per heavy atom. The average Bonchev–Trinajstić information content (AvgIpc) is 2.52. The molecule has 0 heterocycles. The smallest absolute Gasteiger partial charge is 0.258 e. The summed E-state index contributed by atoms with van der Waals surface area (Å²) in [5.74, 6) is 0.355. The molecule has 2 aromatic carbocycles. The van der Waals surface area contributed by atoms with Crippen LogP contribution in [-0.2, 0) is 0 Å². The first-order valence-electron chi connectivity index (χ1n) is 7.37. The SMILES string of the molecule is CCOc1ccc(C(=O)N(CC)c2ccc(F)cc2)cc1C. The summed E-state index contributed by atoms with van der Waals surface area (Å²) in [4.78, 5) is 14.3. The van der Waals surface area contributed by atoms with Gasteiger partial charge in [-0.05, 0) is 68.8 Å². The Kier molecular flexibility index (Phi) is 5.15. The van der Waals surface area contributed by atoms with Crippen LogP contribution < -0.4 is 9.64 Å². The Balaban J connectivity index is 2.28. The highest BCUT2D eigenvalue weighted by atomic mass is 19.1. The van der Waals surface area contributed by atoms with E-state index in [1.54, 1.807) is 23.1 Å². The normalized spacial score (nSPS) is 10.4. The highest BCUT2D eigenvalue weighted by Crippen LogP contribution is 2.22. The van der Waals surface area contributed by atoms with E-state index < -0.39 is 0 Å². The topological polar surface area (TPSA) is 29.5 Å². The van der Waals surface area contributed by atoms with Gasteiger partial charge in [-0.2, -0.15) is 0 Å². The molecule has 0 aliphatic rings. The summed E-state index contributed by atoms with van der Waals surface area (Å²) >= 11 is 0. The van der Waals surface area contributed by atoms with Gasteiger partial charge in [0, 0.05) is 17.8 Å². The number of amides is 1. The van der Waals surface area contributed by atoms with E-state index in [1.807, 2.05) is 32.9 Å². The van der Waals surface area contributed by atoms with Crippen molar-refractivity contribution in [1.29, 1.82) is 0 Å². The van der Waals surface area contributed by atoms with Gasteiger partial charge in [-0.25, -0.2) is 4.39 Å². The van der Waals surface area contributed by atoms with Crippen molar-refractivity contribution in [3.63, 3.8) is 0 Å². The molecule has 0 radical (unpaired) electrons. The third-order valence-electron chi connectivity index (χ3n) is 3.42. The molecule has 0 aliphatic heterocycles. The predicted molar refractivity (Wildman–Crippen MR) is 86.1 cm³/mol. The molecule has 0 saturated heterocycles. The van der Waals surface area contributed by atoms with E-state index in [9.17, 15) is 9.18 Å². The maximum Gasteiger partial charge on any atom is 0.258 e. The number of ether oxygens (including phenoxy) is 1. The highest BCUT2D eigenvalue weighted by molar-refractivity contribution is 6.06. The highest BCUT2D eigenvalue weighted by Gasteiger charge is 2.17. The zero-order valence-electron chi connectivity index (χ0n) is 13.1. The second kappa shape index (κ2) is 7.07. The number of carbonyl (C=O) groups excluding carboxylic acids is 1. The Morgan fingerprint density at radius 2 is 1.82 bits per heavy atom. The molecule has 3 nitrogen and oxygen atoms in total. The summed E-state index contributed by atoms with van der Waals surface area (Å²) in [5, 5.41) is 0. The van der Waals surface area contributed by atoms with Crippen LogP contribution in [0.15, 0.2) is 42.5 Å². The summed E-state index contributed by atoms with van der Waals surface area (Å²) in [5.41, 5.74) is 2.19. The summed E-state index contributed by atoms with van der Waals surface area (Å²) in [7, 11) is 0. The lowest BCUT2D eigenvalue weighted by Gasteiger charge is -2.21. The Labute approximate surface area is 130 Å². The quantitative estimate of drug-likeness (QED) is 0.828. The summed E-state index contributed by atoms with van der Waals surface area (Å²) in [6, 6.07) is 11.3. The largest absolute Gasteiger partial charge is 0.494 e. The molecule has 22 heavy (non-hydrogen) atoms. The minimum atomic E-state index is -0.316. The van der Waals surface area contributed by atoms with Crippen molar-refractivity contribution in [2.75, 3.05) is 18.1 Å². The van der Waals surface area contributed by atoms with E-state index in [2.05, 4.69) is 0 Å². The van der Waals surface area contributed by atoms with E-state index in [0.717, 1.165) is 11.3 Å². The lowest BCUT2D eigenvalue weighted by molar-refractivity contribution is 0.0988. The van der Waals surface area contributed by atoms with Gasteiger partial charge in [0.25, 0.3) is 5.91 Å². The first-order valence-corrected chi connectivity index (χ1v) is 7.37. The van der Waals surface area contributed by atoms with Crippen LogP contribution in [0.4, 0.5) is 10.1 Å². The third kappa shape index (κ3) is 3.45. The fourth-order valence-corrected chi connectivity index (χ4v) is 2.32. The number of benzene rings is 2. The molecule has 0 saturated carbocycles. The van der Waals surface area contributed by atoms with Crippen LogP contribution in [0.2, 0.25) is 0 Å². The van der Waals surface area contributed by atoms with Gasteiger partial charge in [-0.3, -0.25) is 4.79 Å². The standard InChI is InChI=1S/C18H20FNO2/c1-4-20(16-9-7-15(19)8-10-16)18(21)14-6-11-17(22-5-2)13(3)12-14/h6-12H,4-5H2,1-3H3. The fourth-order valence-electron chi connectivity index (χ4n) is 2.32. The number of hydrogen-bond donors (Lipinski definition) is 0. The van der Waals surface area contributed by atoms with Crippen molar-refractivity contribution in [3.05, 3.63) is 59.4 Å². The molecule has 2 aromatic rings. The summed E-state index contributed by atoms with van der Waals surface area (Å²) < 4.78 is 18.5. The Bertz CT molecular complexity index is 653. The third-order valence-corrected chi connectivity index (χ3v) is 3.42. The fraction of sp³-hybridized carbons (Fsp3) is 0.278. The Hall–Kier alpha value is -2.36. The molecule has 1 amide bonds. The average molecular weight is 301 g/mol. The first-order chi connectivity index (χ1) is 10.6. The molecule has 0 aromatic heterocycles.